The first-order valence-electron chi connectivity index (χ1n) is 13.8. The molecule has 9 nitrogen and oxygen atoms in total. The summed E-state index contributed by atoms with van der Waals surface area (Å²) in [5, 5.41) is 0. The van der Waals surface area contributed by atoms with E-state index in [-0.39, 0.29) is 17.9 Å². The predicted molar refractivity (Wildman–Crippen MR) is 175 cm³/mol. The number of aromatic nitrogens is 1. The Hall–Kier alpha value is -4.23. The molecule has 2 heterocycles. The summed E-state index contributed by atoms with van der Waals surface area (Å²) in [6, 6.07) is 18.7. The van der Waals surface area contributed by atoms with Crippen LogP contribution in [0.2, 0.25) is 0 Å². The molecule has 0 fully saturated rings. The zero-order valence-corrected chi connectivity index (χ0v) is 27.4. The van der Waals surface area contributed by atoms with Gasteiger partial charge in [0.2, 0.25) is 0 Å². The lowest BCUT2D eigenvalue weighted by atomic mass is 9.96. The minimum atomic E-state index is -0.736. The molecular weight excluding hydrogens is 695 g/mol. The third-order valence-electron chi connectivity index (χ3n) is 6.81. The van der Waals surface area contributed by atoms with Crippen LogP contribution in [0.25, 0.3) is 6.08 Å². The molecule has 226 valence electrons. The van der Waals surface area contributed by atoms with Gasteiger partial charge in [0.05, 0.1) is 47.7 Å². The highest BCUT2D eigenvalue weighted by Crippen LogP contribution is 2.32. The lowest BCUT2D eigenvalue weighted by molar-refractivity contribution is -0.139. The molecule has 0 saturated heterocycles. The molecule has 0 saturated carbocycles. The van der Waals surface area contributed by atoms with E-state index in [2.05, 4.69) is 27.6 Å². The number of methoxy groups -OCH3 is 1. The molecule has 11 heteroatoms. The van der Waals surface area contributed by atoms with Gasteiger partial charge in [0.15, 0.2) is 16.3 Å². The van der Waals surface area contributed by atoms with Crippen LogP contribution in [0.3, 0.4) is 0 Å². The summed E-state index contributed by atoms with van der Waals surface area (Å²) < 4.78 is 24.9. The Morgan fingerprint density at radius 3 is 2.43 bits per heavy atom. The third kappa shape index (κ3) is 6.34. The fraction of sp³-hybridized carbons (Fsp3) is 0.212. The van der Waals surface area contributed by atoms with E-state index in [1.165, 1.54) is 15.9 Å². The van der Waals surface area contributed by atoms with Crippen molar-refractivity contribution in [1.29, 1.82) is 0 Å². The maximum Gasteiger partial charge on any atom is 0.344 e. The largest absolute Gasteiger partial charge is 0.497 e. The summed E-state index contributed by atoms with van der Waals surface area (Å²) >= 11 is 3.31. The fourth-order valence-corrected chi connectivity index (χ4v) is 6.45. The van der Waals surface area contributed by atoms with Crippen molar-refractivity contribution in [2.75, 3.05) is 20.3 Å². The SMILES string of the molecule is CCOC(=O)C1=C(C)N=c2s/c(=C\c3ccc(OC(=O)c4ccccc4I)c(OCC)c3)c(=O)n2[C@H]1c1ccc(OC)cc1. The monoisotopic (exact) mass is 724 g/mol. The van der Waals surface area contributed by atoms with E-state index in [0.29, 0.717) is 55.4 Å². The number of benzene rings is 3. The summed E-state index contributed by atoms with van der Waals surface area (Å²) in [5.74, 6) is 0.260. The van der Waals surface area contributed by atoms with Crippen molar-refractivity contribution in [3.8, 4) is 17.2 Å². The maximum atomic E-state index is 14.0. The van der Waals surface area contributed by atoms with Crippen LogP contribution < -0.4 is 29.1 Å². The second-order valence-corrected chi connectivity index (χ2v) is 11.8. The van der Waals surface area contributed by atoms with Gasteiger partial charge in [-0.15, -0.1) is 0 Å². The average Bonchev–Trinajstić information content (AvgIpc) is 3.31. The molecule has 0 unspecified atom stereocenters. The van der Waals surface area contributed by atoms with Crippen LogP contribution in [0.1, 0.15) is 48.3 Å². The normalized spacial score (nSPS) is 14.5. The smallest absolute Gasteiger partial charge is 0.344 e. The maximum absolute atomic E-state index is 14.0. The molecule has 0 spiro atoms. The molecular formula is C33H29IN2O7S. The first kappa shape index (κ1) is 31.2. The van der Waals surface area contributed by atoms with Crippen molar-refractivity contribution in [1.82, 2.24) is 4.57 Å². The molecule has 44 heavy (non-hydrogen) atoms. The van der Waals surface area contributed by atoms with E-state index >= 15 is 0 Å². The number of hydrogen-bond acceptors (Lipinski definition) is 9. The van der Waals surface area contributed by atoms with Gasteiger partial charge in [-0.1, -0.05) is 41.7 Å². The van der Waals surface area contributed by atoms with Crippen LogP contribution in [0.4, 0.5) is 0 Å². The number of esters is 2. The number of thiazole rings is 1. The number of fused-ring (bicyclic) bond motifs is 1. The predicted octanol–water partition coefficient (Wildman–Crippen LogP) is 5.03. The van der Waals surface area contributed by atoms with Gasteiger partial charge in [0, 0.05) is 3.57 Å². The van der Waals surface area contributed by atoms with Crippen molar-refractivity contribution in [2.24, 2.45) is 4.99 Å². The van der Waals surface area contributed by atoms with Gasteiger partial charge >= 0.3 is 11.9 Å². The first-order chi connectivity index (χ1) is 21.2. The number of carbonyl (C=O) groups is 2. The molecule has 0 radical (unpaired) electrons. The Bertz CT molecular complexity index is 1940. The standard InChI is InChI=1S/C33H29IN2O7S/c1-5-41-26-17-20(11-16-25(26)43-31(38)23-9-7-8-10-24(23)34)18-27-30(37)36-29(21-12-14-22(40-4)15-13-21)28(32(39)42-6-2)19(3)35-33(36)44-27/h7-18,29H,5-6H2,1-4H3/b27-18-/t29-/m0/s1. The number of carbonyl (C=O) groups excluding carboxylic acids is 2. The molecule has 4 aromatic rings. The number of nitrogens with zero attached hydrogens (tertiary/aromatic N) is 2. The quantitative estimate of drug-likeness (QED) is 0.136. The van der Waals surface area contributed by atoms with Crippen LogP contribution in [0.5, 0.6) is 17.2 Å². The lowest BCUT2D eigenvalue weighted by Crippen LogP contribution is -2.39. The summed E-state index contributed by atoms with van der Waals surface area (Å²) in [7, 11) is 1.57. The number of hydrogen-bond donors (Lipinski definition) is 0. The topological polar surface area (TPSA) is 105 Å². The molecule has 0 bridgehead atoms. The number of ether oxygens (including phenoxy) is 4. The summed E-state index contributed by atoms with van der Waals surface area (Å²) in [4.78, 5) is 45.0. The number of rotatable bonds is 9. The molecule has 0 N–H and O–H groups in total. The summed E-state index contributed by atoms with van der Waals surface area (Å²) in [6.45, 7) is 5.84. The van der Waals surface area contributed by atoms with Crippen molar-refractivity contribution >= 4 is 51.9 Å². The summed E-state index contributed by atoms with van der Waals surface area (Å²) in [6.07, 6.45) is 1.73. The molecule has 1 aliphatic rings. The van der Waals surface area contributed by atoms with E-state index < -0.39 is 18.0 Å². The van der Waals surface area contributed by atoms with Crippen LogP contribution in [0, 0.1) is 3.57 Å². The number of allylic oxidation sites excluding steroid dienone is 1. The number of halogens is 1. The molecule has 5 rings (SSSR count). The van der Waals surface area contributed by atoms with Crippen LogP contribution >= 0.6 is 33.9 Å². The molecule has 3 aromatic carbocycles. The zero-order chi connectivity index (χ0) is 31.4. The first-order valence-corrected chi connectivity index (χ1v) is 15.7. The van der Waals surface area contributed by atoms with Gasteiger partial charge in [-0.2, -0.15) is 0 Å². The molecule has 0 amide bonds. The van der Waals surface area contributed by atoms with Gasteiger partial charge in [-0.25, -0.2) is 14.6 Å². The van der Waals surface area contributed by atoms with Gasteiger partial charge in [-0.05, 0) is 97.0 Å². The Morgan fingerprint density at radius 1 is 1.00 bits per heavy atom. The van der Waals surface area contributed by atoms with E-state index in [9.17, 15) is 14.4 Å². The van der Waals surface area contributed by atoms with Gasteiger partial charge in [-0.3, -0.25) is 9.36 Å². The van der Waals surface area contributed by atoms with Gasteiger partial charge < -0.3 is 18.9 Å². The van der Waals surface area contributed by atoms with Crippen molar-refractivity contribution in [2.45, 2.75) is 26.8 Å². The highest BCUT2D eigenvalue weighted by molar-refractivity contribution is 14.1. The summed E-state index contributed by atoms with van der Waals surface area (Å²) in [5.41, 5.74) is 2.30. The second kappa shape index (κ2) is 13.6. The van der Waals surface area contributed by atoms with E-state index in [1.807, 2.05) is 31.2 Å². The highest BCUT2D eigenvalue weighted by atomic mass is 127. The van der Waals surface area contributed by atoms with Crippen molar-refractivity contribution in [3.63, 3.8) is 0 Å². The van der Waals surface area contributed by atoms with Crippen molar-refractivity contribution in [3.05, 3.63) is 118 Å². The Labute approximate surface area is 271 Å². The van der Waals surface area contributed by atoms with Crippen LogP contribution in [-0.2, 0) is 9.53 Å². The van der Waals surface area contributed by atoms with Gasteiger partial charge in [0.25, 0.3) is 5.56 Å². The fourth-order valence-electron chi connectivity index (χ4n) is 4.79. The van der Waals surface area contributed by atoms with E-state index in [0.717, 1.165) is 3.57 Å². The van der Waals surface area contributed by atoms with Crippen LogP contribution in [0.15, 0.2) is 87.8 Å². The Balaban J connectivity index is 1.57. The lowest BCUT2D eigenvalue weighted by Gasteiger charge is -2.24. The second-order valence-electron chi connectivity index (χ2n) is 9.58. The van der Waals surface area contributed by atoms with Gasteiger partial charge in [0.1, 0.15) is 5.75 Å². The molecule has 1 atom stereocenters. The molecule has 0 aliphatic carbocycles. The van der Waals surface area contributed by atoms with Crippen LogP contribution in [-0.4, -0.2) is 36.8 Å². The average molecular weight is 725 g/mol. The third-order valence-corrected chi connectivity index (χ3v) is 8.73. The van der Waals surface area contributed by atoms with Crippen molar-refractivity contribution < 1.29 is 28.5 Å². The Kier molecular flexibility index (Phi) is 9.64. The molecule has 1 aliphatic heterocycles. The van der Waals surface area contributed by atoms with E-state index in [1.54, 1.807) is 69.5 Å². The Morgan fingerprint density at radius 2 is 1.75 bits per heavy atom. The minimum Gasteiger partial charge on any atom is -0.497 e. The van der Waals surface area contributed by atoms with E-state index in [4.69, 9.17) is 18.9 Å². The highest BCUT2D eigenvalue weighted by Gasteiger charge is 2.33. The zero-order valence-electron chi connectivity index (χ0n) is 24.5. The minimum absolute atomic E-state index is 0.188. The molecule has 1 aromatic heterocycles.